The zero-order chi connectivity index (χ0) is 19.4. The fraction of sp³-hybridized carbons (Fsp3) is 0.235. The Balaban J connectivity index is 1.81. The van der Waals surface area contributed by atoms with Crippen molar-refractivity contribution in [3.63, 3.8) is 0 Å². The molecular weight excluding hydrogens is 356 g/mol. The summed E-state index contributed by atoms with van der Waals surface area (Å²) in [5.74, 6) is -0.541. The van der Waals surface area contributed by atoms with Gasteiger partial charge in [0.05, 0.1) is 23.1 Å². The number of nitro benzene ring substituents is 2. The zero-order valence-electron chi connectivity index (χ0n) is 14.2. The lowest BCUT2D eigenvalue weighted by molar-refractivity contribution is -0.384. The Bertz CT molecular complexity index is 877. The second-order valence-electron chi connectivity index (χ2n) is 5.82. The summed E-state index contributed by atoms with van der Waals surface area (Å²) in [6, 6.07) is 9.61. The number of non-ortho nitro benzene ring substituents is 1. The number of nitrogens with one attached hydrogen (secondary N) is 1. The lowest BCUT2D eigenvalue weighted by Gasteiger charge is -2.28. The van der Waals surface area contributed by atoms with Crippen molar-refractivity contribution in [2.24, 2.45) is 0 Å². The first kappa shape index (κ1) is 18.3. The Labute approximate surface area is 153 Å². The third-order valence-corrected chi connectivity index (χ3v) is 4.12. The normalized spacial score (nSPS) is 13.9. The minimum atomic E-state index is -0.542. The molecular formula is C17H16N4O6. The summed E-state index contributed by atoms with van der Waals surface area (Å²) < 4.78 is 5.26. The van der Waals surface area contributed by atoms with E-state index in [9.17, 15) is 25.0 Å². The van der Waals surface area contributed by atoms with Crippen LogP contribution < -0.4 is 10.2 Å². The molecule has 2 aromatic rings. The molecule has 0 unspecified atom stereocenters. The molecule has 27 heavy (non-hydrogen) atoms. The number of benzene rings is 2. The summed E-state index contributed by atoms with van der Waals surface area (Å²) in [6.07, 6.45) is 0. The van der Waals surface area contributed by atoms with Gasteiger partial charge in [-0.3, -0.25) is 25.0 Å². The first-order valence-corrected chi connectivity index (χ1v) is 8.12. The van der Waals surface area contributed by atoms with Crippen molar-refractivity contribution in [1.82, 2.24) is 0 Å². The van der Waals surface area contributed by atoms with Crippen molar-refractivity contribution in [3.05, 3.63) is 68.3 Å². The van der Waals surface area contributed by atoms with E-state index in [0.29, 0.717) is 37.7 Å². The quantitative estimate of drug-likeness (QED) is 0.631. The number of hydrogen-bond donors (Lipinski definition) is 1. The number of nitro groups is 2. The van der Waals surface area contributed by atoms with E-state index in [1.165, 1.54) is 36.4 Å². The summed E-state index contributed by atoms with van der Waals surface area (Å²) in [5.41, 5.74) is 0.657. The first-order chi connectivity index (χ1) is 13.0. The van der Waals surface area contributed by atoms with Gasteiger partial charge >= 0.3 is 0 Å². The number of amides is 1. The van der Waals surface area contributed by atoms with E-state index in [2.05, 4.69) is 5.32 Å². The molecule has 10 heteroatoms. The predicted octanol–water partition coefficient (Wildman–Crippen LogP) is 2.59. The lowest BCUT2D eigenvalue weighted by atomic mass is 10.1. The summed E-state index contributed by atoms with van der Waals surface area (Å²) in [4.78, 5) is 35.3. The summed E-state index contributed by atoms with van der Waals surface area (Å²) in [7, 11) is 0. The van der Waals surface area contributed by atoms with Gasteiger partial charge in [-0.05, 0) is 24.3 Å². The molecule has 0 aromatic heterocycles. The SMILES string of the molecule is O=C(Nc1ccc([N+](=O)[O-])cc1)c1ccc(N2CCOCC2)c([N+](=O)[O-])c1. The number of ether oxygens (including phenoxy) is 1. The van der Waals surface area contributed by atoms with Crippen LogP contribution in [0.3, 0.4) is 0 Å². The Hall–Kier alpha value is -3.53. The molecule has 1 heterocycles. The van der Waals surface area contributed by atoms with Crippen LogP contribution in [0.1, 0.15) is 10.4 Å². The Kier molecular flexibility index (Phi) is 5.27. The van der Waals surface area contributed by atoms with Crippen LogP contribution in [-0.2, 0) is 4.74 Å². The van der Waals surface area contributed by atoms with Crippen LogP contribution in [0.25, 0.3) is 0 Å². The van der Waals surface area contributed by atoms with Gasteiger partial charge in [0, 0.05) is 42.5 Å². The fourth-order valence-electron chi connectivity index (χ4n) is 2.75. The highest BCUT2D eigenvalue weighted by molar-refractivity contribution is 6.05. The number of hydrogen-bond acceptors (Lipinski definition) is 7. The maximum Gasteiger partial charge on any atom is 0.293 e. The van der Waals surface area contributed by atoms with E-state index in [1.54, 1.807) is 6.07 Å². The van der Waals surface area contributed by atoms with Crippen molar-refractivity contribution in [1.29, 1.82) is 0 Å². The Morgan fingerprint density at radius 2 is 1.67 bits per heavy atom. The van der Waals surface area contributed by atoms with Gasteiger partial charge in [0.25, 0.3) is 17.3 Å². The minimum absolute atomic E-state index is 0.0986. The summed E-state index contributed by atoms with van der Waals surface area (Å²) >= 11 is 0. The monoisotopic (exact) mass is 372 g/mol. The molecule has 140 valence electrons. The molecule has 1 aliphatic rings. The number of nitrogens with zero attached hydrogens (tertiary/aromatic N) is 3. The minimum Gasteiger partial charge on any atom is -0.378 e. The van der Waals surface area contributed by atoms with Crippen molar-refractivity contribution >= 4 is 28.7 Å². The molecule has 0 spiro atoms. The predicted molar refractivity (Wildman–Crippen MR) is 97.2 cm³/mol. The van der Waals surface area contributed by atoms with E-state index in [-0.39, 0.29) is 16.9 Å². The molecule has 0 aliphatic carbocycles. The third kappa shape index (κ3) is 4.18. The second-order valence-corrected chi connectivity index (χ2v) is 5.82. The van der Waals surface area contributed by atoms with E-state index < -0.39 is 15.8 Å². The summed E-state index contributed by atoms with van der Waals surface area (Å²) in [5, 5.41) is 24.7. The molecule has 2 aromatic carbocycles. The highest BCUT2D eigenvalue weighted by Gasteiger charge is 2.23. The average molecular weight is 372 g/mol. The Morgan fingerprint density at radius 1 is 1.00 bits per heavy atom. The molecule has 10 nitrogen and oxygen atoms in total. The van der Waals surface area contributed by atoms with Gasteiger partial charge in [0.2, 0.25) is 0 Å². The number of anilines is 2. The molecule has 0 radical (unpaired) electrons. The van der Waals surface area contributed by atoms with Crippen LogP contribution in [0.5, 0.6) is 0 Å². The maximum absolute atomic E-state index is 12.4. The molecule has 1 N–H and O–H groups in total. The van der Waals surface area contributed by atoms with Crippen LogP contribution in [0, 0.1) is 20.2 Å². The molecule has 0 atom stereocenters. The third-order valence-electron chi connectivity index (χ3n) is 4.12. The Morgan fingerprint density at radius 3 is 2.26 bits per heavy atom. The number of carbonyl (C=O) groups excluding carboxylic acids is 1. The van der Waals surface area contributed by atoms with Crippen LogP contribution in [0.2, 0.25) is 0 Å². The number of carbonyl (C=O) groups is 1. The van der Waals surface area contributed by atoms with Crippen molar-refractivity contribution < 1.29 is 19.4 Å². The lowest BCUT2D eigenvalue weighted by Crippen LogP contribution is -2.36. The summed E-state index contributed by atoms with van der Waals surface area (Å²) in [6.45, 7) is 2.05. The highest BCUT2D eigenvalue weighted by atomic mass is 16.6. The van der Waals surface area contributed by atoms with Crippen molar-refractivity contribution in [2.45, 2.75) is 0 Å². The van der Waals surface area contributed by atoms with E-state index in [4.69, 9.17) is 4.74 Å². The van der Waals surface area contributed by atoms with Crippen LogP contribution in [0.4, 0.5) is 22.7 Å². The van der Waals surface area contributed by atoms with E-state index in [0.717, 1.165) is 0 Å². The molecule has 0 saturated carbocycles. The topological polar surface area (TPSA) is 128 Å². The van der Waals surface area contributed by atoms with Gasteiger partial charge in [-0.15, -0.1) is 0 Å². The van der Waals surface area contributed by atoms with Crippen LogP contribution >= 0.6 is 0 Å². The van der Waals surface area contributed by atoms with Gasteiger partial charge in [0.1, 0.15) is 5.69 Å². The molecule has 1 fully saturated rings. The largest absolute Gasteiger partial charge is 0.378 e. The van der Waals surface area contributed by atoms with Crippen molar-refractivity contribution in [2.75, 3.05) is 36.5 Å². The fourth-order valence-corrected chi connectivity index (χ4v) is 2.75. The van der Waals surface area contributed by atoms with E-state index in [1.807, 2.05) is 4.90 Å². The number of rotatable bonds is 5. The van der Waals surface area contributed by atoms with Gasteiger partial charge in [-0.1, -0.05) is 0 Å². The average Bonchev–Trinajstić information content (AvgIpc) is 2.68. The van der Waals surface area contributed by atoms with Crippen LogP contribution in [0.15, 0.2) is 42.5 Å². The van der Waals surface area contributed by atoms with E-state index >= 15 is 0 Å². The van der Waals surface area contributed by atoms with Crippen molar-refractivity contribution in [3.8, 4) is 0 Å². The second kappa shape index (κ2) is 7.79. The maximum atomic E-state index is 12.4. The molecule has 1 saturated heterocycles. The smallest absolute Gasteiger partial charge is 0.293 e. The highest BCUT2D eigenvalue weighted by Crippen LogP contribution is 2.30. The van der Waals surface area contributed by atoms with Gasteiger partial charge in [-0.25, -0.2) is 0 Å². The molecule has 3 rings (SSSR count). The van der Waals surface area contributed by atoms with Crippen LogP contribution in [-0.4, -0.2) is 42.1 Å². The molecule has 1 aliphatic heterocycles. The van der Waals surface area contributed by atoms with Gasteiger partial charge in [0.15, 0.2) is 0 Å². The number of morpholine rings is 1. The molecule has 0 bridgehead atoms. The standard InChI is InChI=1S/C17H16N4O6/c22-17(18-13-2-4-14(5-3-13)20(23)24)12-1-6-15(16(11-12)21(25)26)19-7-9-27-10-8-19/h1-6,11H,7-10H2,(H,18,22). The molecule has 1 amide bonds. The first-order valence-electron chi connectivity index (χ1n) is 8.12. The van der Waals surface area contributed by atoms with Gasteiger partial charge in [-0.2, -0.15) is 0 Å². The van der Waals surface area contributed by atoms with Gasteiger partial charge < -0.3 is 15.0 Å². The zero-order valence-corrected chi connectivity index (χ0v) is 14.2.